The van der Waals surface area contributed by atoms with E-state index in [1.165, 1.54) is 19.2 Å². The minimum Gasteiger partial charge on any atom is -0.495 e. The number of amides is 2. The largest absolute Gasteiger partial charge is 0.495 e. The maximum Gasteiger partial charge on any atom is 0.274 e. The smallest absolute Gasteiger partial charge is 0.274 e. The normalized spacial score (nSPS) is 13.9. The van der Waals surface area contributed by atoms with Crippen LogP contribution in [0.4, 0.5) is 15.8 Å². The summed E-state index contributed by atoms with van der Waals surface area (Å²) in [5, 5.41) is 3.44. The lowest BCUT2D eigenvalue weighted by Crippen LogP contribution is -2.27. The molecule has 1 N–H and O–H groups in total. The second-order valence-corrected chi connectivity index (χ2v) is 7.22. The van der Waals surface area contributed by atoms with Crippen LogP contribution in [0.15, 0.2) is 36.4 Å². The van der Waals surface area contributed by atoms with Crippen molar-refractivity contribution < 1.29 is 18.7 Å². The third-order valence-corrected chi connectivity index (χ3v) is 5.30. The van der Waals surface area contributed by atoms with E-state index in [0.29, 0.717) is 53.1 Å². The van der Waals surface area contributed by atoms with Crippen molar-refractivity contribution in [3.05, 3.63) is 53.5 Å². The maximum absolute atomic E-state index is 14.0. The molecule has 3 aromatic rings. The summed E-state index contributed by atoms with van der Waals surface area (Å²) >= 11 is 0. The van der Waals surface area contributed by atoms with Crippen molar-refractivity contribution in [3.63, 3.8) is 0 Å². The number of carbonyl (C=O) groups excluding carboxylic acids is 2. The monoisotopic (exact) mass is 395 g/mol. The zero-order valence-corrected chi connectivity index (χ0v) is 16.6. The Morgan fingerprint density at radius 3 is 2.69 bits per heavy atom. The van der Waals surface area contributed by atoms with Gasteiger partial charge in [-0.05, 0) is 49.2 Å². The maximum atomic E-state index is 14.0. The Labute approximate surface area is 167 Å². The van der Waals surface area contributed by atoms with Crippen molar-refractivity contribution >= 4 is 34.1 Å². The van der Waals surface area contributed by atoms with Gasteiger partial charge in [-0.2, -0.15) is 0 Å². The molecule has 29 heavy (non-hydrogen) atoms. The third kappa shape index (κ3) is 3.22. The lowest BCUT2D eigenvalue weighted by atomic mass is 10.1. The van der Waals surface area contributed by atoms with E-state index in [1.54, 1.807) is 28.6 Å². The summed E-state index contributed by atoms with van der Waals surface area (Å²) in [6.45, 7) is 2.42. The zero-order valence-electron chi connectivity index (χ0n) is 16.6. The van der Waals surface area contributed by atoms with Gasteiger partial charge in [0.05, 0.1) is 24.0 Å². The minimum absolute atomic E-state index is 0.0658. The second-order valence-electron chi connectivity index (χ2n) is 7.22. The topological polar surface area (TPSA) is 63.6 Å². The minimum atomic E-state index is -0.414. The predicted molar refractivity (Wildman–Crippen MR) is 110 cm³/mol. The van der Waals surface area contributed by atoms with Crippen LogP contribution >= 0.6 is 0 Å². The number of methoxy groups -OCH3 is 1. The highest BCUT2D eigenvalue weighted by atomic mass is 19.1. The van der Waals surface area contributed by atoms with Crippen molar-refractivity contribution in [2.75, 3.05) is 23.9 Å². The summed E-state index contributed by atoms with van der Waals surface area (Å²) in [5.74, 6) is -0.331. The molecule has 0 unspecified atom stereocenters. The van der Waals surface area contributed by atoms with Gasteiger partial charge in [-0.25, -0.2) is 4.39 Å². The summed E-state index contributed by atoms with van der Waals surface area (Å²) in [4.78, 5) is 27.4. The van der Waals surface area contributed by atoms with Gasteiger partial charge in [0.15, 0.2) is 0 Å². The van der Waals surface area contributed by atoms with Crippen molar-refractivity contribution in [1.82, 2.24) is 4.57 Å². The highest BCUT2D eigenvalue weighted by Gasteiger charge is 2.31. The fourth-order valence-electron chi connectivity index (χ4n) is 3.92. The Morgan fingerprint density at radius 1 is 1.21 bits per heavy atom. The number of hydrogen-bond acceptors (Lipinski definition) is 3. The summed E-state index contributed by atoms with van der Waals surface area (Å²) < 4.78 is 21.1. The lowest BCUT2D eigenvalue weighted by Gasteiger charge is -2.18. The van der Waals surface area contributed by atoms with Crippen LogP contribution < -0.4 is 15.0 Å². The fraction of sp³-hybridized carbons (Fsp3) is 0.273. The average Bonchev–Trinajstić information content (AvgIpc) is 3.22. The molecular formula is C22H22FN3O3. The molecule has 1 aromatic heterocycles. The predicted octanol–water partition coefficient (Wildman–Crippen LogP) is 4.01. The van der Waals surface area contributed by atoms with Crippen LogP contribution in [-0.2, 0) is 11.8 Å². The number of fused-ring (bicyclic) bond motifs is 1. The molecule has 6 nitrogen and oxygen atoms in total. The molecule has 1 fully saturated rings. The quantitative estimate of drug-likeness (QED) is 0.726. The third-order valence-electron chi connectivity index (χ3n) is 5.30. The van der Waals surface area contributed by atoms with E-state index in [0.717, 1.165) is 5.56 Å². The van der Waals surface area contributed by atoms with E-state index in [-0.39, 0.29) is 11.8 Å². The van der Waals surface area contributed by atoms with E-state index in [2.05, 4.69) is 5.32 Å². The van der Waals surface area contributed by atoms with Gasteiger partial charge in [0, 0.05) is 25.4 Å². The Hall–Kier alpha value is -3.35. The number of anilines is 2. The SMILES string of the molecule is COc1ccc(C)cc1NC(=O)c1c(N2CCCC2=O)c2cc(F)ccc2n1C. The first-order valence-electron chi connectivity index (χ1n) is 9.45. The van der Waals surface area contributed by atoms with Gasteiger partial charge in [0.2, 0.25) is 5.91 Å². The van der Waals surface area contributed by atoms with Gasteiger partial charge in [-0.3, -0.25) is 9.59 Å². The Bertz CT molecular complexity index is 1140. The highest BCUT2D eigenvalue weighted by Crippen LogP contribution is 2.37. The van der Waals surface area contributed by atoms with Gasteiger partial charge < -0.3 is 19.5 Å². The first-order valence-corrected chi connectivity index (χ1v) is 9.45. The van der Waals surface area contributed by atoms with Crippen LogP contribution in [0.2, 0.25) is 0 Å². The van der Waals surface area contributed by atoms with Gasteiger partial charge in [0.25, 0.3) is 5.91 Å². The molecule has 0 radical (unpaired) electrons. The number of benzene rings is 2. The Balaban J connectivity index is 1.87. The molecule has 0 spiro atoms. The van der Waals surface area contributed by atoms with Crippen molar-refractivity contribution in [2.24, 2.45) is 7.05 Å². The number of hydrogen-bond donors (Lipinski definition) is 1. The van der Waals surface area contributed by atoms with E-state index >= 15 is 0 Å². The van der Waals surface area contributed by atoms with Crippen LogP contribution in [0.25, 0.3) is 10.9 Å². The number of ether oxygens (including phenoxy) is 1. The van der Waals surface area contributed by atoms with E-state index < -0.39 is 5.82 Å². The number of aryl methyl sites for hydroxylation is 2. The van der Waals surface area contributed by atoms with Crippen LogP contribution in [0.1, 0.15) is 28.9 Å². The van der Waals surface area contributed by atoms with Crippen molar-refractivity contribution in [3.8, 4) is 5.75 Å². The first-order chi connectivity index (χ1) is 13.9. The molecule has 2 amide bonds. The van der Waals surface area contributed by atoms with Gasteiger partial charge in [0.1, 0.15) is 17.3 Å². The number of nitrogens with zero attached hydrogens (tertiary/aromatic N) is 2. The number of aromatic nitrogens is 1. The molecule has 0 aliphatic carbocycles. The Morgan fingerprint density at radius 2 is 2.00 bits per heavy atom. The molecule has 2 heterocycles. The lowest BCUT2D eigenvalue weighted by molar-refractivity contribution is -0.117. The highest BCUT2D eigenvalue weighted by molar-refractivity contribution is 6.17. The molecule has 1 aliphatic heterocycles. The van der Waals surface area contributed by atoms with Gasteiger partial charge in [-0.15, -0.1) is 0 Å². The number of halogens is 1. The van der Waals surface area contributed by atoms with E-state index in [1.807, 2.05) is 19.1 Å². The molecule has 150 valence electrons. The molecule has 0 atom stereocenters. The molecule has 0 bridgehead atoms. The summed E-state index contributed by atoms with van der Waals surface area (Å²) in [6, 6.07) is 9.84. The van der Waals surface area contributed by atoms with Crippen LogP contribution in [0.5, 0.6) is 5.75 Å². The molecule has 2 aromatic carbocycles. The summed E-state index contributed by atoms with van der Waals surface area (Å²) in [5.41, 5.74) is 2.95. The van der Waals surface area contributed by atoms with Crippen LogP contribution in [-0.4, -0.2) is 30.0 Å². The van der Waals surface area contributed by atoms with Gasteiger partial charge >= 0.3 is 0 Å². The fourth-order valence-corrected chi connectivity index (χ4v) is 3.92. The molecule has 1 saturated heterocycles. The molecule has 0 saturated carbocycles. The Kier molecular flexibility index (Phi) is 4.74. The van der Waals surface area contributed by atoms with E-state index in [4.69, 9.17) is 4.74 Å². The second kappa shape index (κ2) is 7.24. The standard InChI is InChI=1S/C22H22FN3O3/c1-13-6-9-18(29-3)16(11-13)24-22(28)21-20(26-10-4-5-19(26)27)15-12-14(23)7-8-17(15)25(21)2/h6-9,11-12H,4-5,10H2,1-3H3,(H,24,28). The molecular weight excluding hydrogens is 373 g/mol. The summed E-state index contributed by atoms with van der Waals surface area (Å²) in [6.07, 6.45) is 1.12. The van der Waals surface area contributed by atoms with Crippen LogP contribution in [0.3, 0.4) is 0 Å². The van der Waals surface area contributed by atoms with Crippen LogP contribution in [0, 0.1) is 12.7 Å². The summed E-state index contributed by atoms with van der Waals surface area (Å²) in [7, 11) is 3.28. The molecule has 1 aliphatic rings. The number of rotatable bonds is 4. The first kappa shape index (κ1) is 19.0. The molecule has 4 rings (SSSR count). The zero-order chi connectivity index (χ0) is 20.7. The van der Waals surface area contributed by atoms with Crippen molar-refractivity contribution in [1.29, 1.82) is 0 Å². The average molecular weight is 395 g/mol. The van der Waals surface area contributed by atoms with E-state index in [9.17, 15) is 14.0 Å². The van der Waals surface area contributed by atoms with Gasteiger partial charge in [-0.1, -0.05) is 6.07 Å². The van der Waals surface area contributed by atoms with Crippen molar-refractivity contribution in [2.45, 2.75) is 19.8 Å². The number of nitrogens with one attached hydrogen (secondary N) is 1. The molecule has 7 heteroatoms. The number of carbonyl (C=O) groups is 2.